The van der Waals surface area contributed by atoms with Crippen LogP contribution in [0.2, 0.25) is 0 Å². The van der Waals surface area contributed by atoms with Gasteiger partial charge < -0.3 is 14.6 Å². The van der Waals surface area contributed by atoms with Gasteiger partial charge in [-0.1, -0.05) is 13.8 Å². The molecule has 0 spiro atoms. The molecule has 0 aliphatic rings. The van der Waals surface area contributed by atoms with E-state index in [1.165, 1.54) is 0 Å². The Hall–Kier alpha value is -1.03. The molecule has 1 aromatic rings. The highest BCUT2D eigenvalue weighted by atomic mass is 16.4. The van der Waals surface area contributed by atoms with Crippen LogP contribution in [0, 0.1) is 5.92 Å². The normalized spacial score (nSPS) is 12.2. The van der Waals surface area contributed by atoms with Gasteiger partial charge in [0, 0.05) is 25.2 Å². The van der Waals surface area contributed by atoms with E-state index < -0.39 is 0 Å². The van der Waals surface area contributed by atoms with Gasteiger partial charge in [0.1, 0.15) is 6.26 Å². The van der Waals surface area contributed by atoms with Crippen LogP contribution >= 0.6 is 0 Å². The van der Waals surface area contributed by atoms with Gasteiger partial charge in [0.15, 0.2) is 0 Å². The molecule has 0 saturated heterocycles. The molecule has 0 atom stereocenters. The van der Waals surface area contributed by atoms with E-state index in [2.05, 4.69) is 56.7 Å². The predicted molar refractivity (Wildman–Crippen MR) is 75.8 cm³/mol. The molecule has 0 aromatic carbocycles. The Morgan fingerprint density at radius 1 is 1.39 bits per heavy atom. The summed E-state index contributed by atoms with van der Waals surface area (Å²) in [7, 11) is 0. The van der Waals surface area contributed by atoms with Gasteiger partial charge in [0.25, 0.3) is 6.01 Å². The van der Waals surface area contributed by atoms with Crippen LogP contribution in [0.3, 0.4) is 0 Å². The van der Waals surface area contributed by atoms with E-state index in [4.69, 9.17) is 4.42 Å². The van der Waals surface area contributed by atoms with E-state index in [-0.39, 0.29) is 5.54 Å². The van der Waals surface area contributed by atoms with Gasteiger partial charge in [-0.25, -0.2) is 0 Å². The third kappa shape index (κ3) is 5.08. The highest BCUT2D eigenvalue weighted by Gasteiger charge is 2.14. The largest absolute Gasteiger partial charge is 0.432 e. The molecule has 1 rings (SSSR count). The molecule has 0 aliphatic carbocycles. The average Bonchev–Trinajstić information content (AvgIpc) is 2.70. The fraction of sp³-hybridized carbons (Fsp3) is 0.786. The first-order valence-corrected chi connectivity index (χ1v) is 6.76. The quantitative estimate of drug-likeness (QED) is 0.846. The summed E-state index contributed by atoms with van der Waals surface area (Å²) in [4.78, 5) is 6.71. The zero-order valence-corrected chi connectivity index (χ0v) is 12.6. The van der Waals surface area contributed by atoms with E-state index >= 15 is 0 Å². The molecule has 0 amide bonds. The Bertz CT molecular complexity index is 352. The summed E-state index contributed by atoms with van der Waals surface area (Å²) < 4.78 is 5.56. The highest BCUT2D eigenvalue weighted by Crippen LogP contribution is 2.15. The first kappa shape index (κ1) is 15.0. The lowest BCUT2D eigenvalue weighted by Crippen LogP contribution is -2.35. The third-order valence-corrected chi connectivity index (χ3v) is 2.58. The van der Waals surface area contributed by atoms with Gasteiger partial charge in [-0.05, 0) is 33.6 Å². The SMILES string of the molecule is CCN(CC(C)C)c1nc(CNC(C)(C)C)co1. The van der Waals surface area contributed by atoms with Crippen molar-refractivity contribution in [2.75, 3.05) is 18.0 Å². The molecule has 4 nitrogen and oxygen atoms in total. The summed E-state index contributed by atoms with van der Waals surface area (Å²) in [6.45, 7) is 15.6. The first-order valence-electron chi connectivity index (χ1n) is 6.76. The van der Waals surface area contributed by atoms with E-state index in [0.717, 1.165) is 31.3 Å². The van der Waals surface area contributed by atoms with Crippen molar-refractivity contribution in [1.29, 1.82) is 0 Å². The minimum atomic E-state index is 0.0987. The minimum Gasteiger partial charge on any atom is -0.432 e. The van der Waals surface area contributed by atoms with Crippen LogP contribution in [0.4, 0.5) is 6.01 Å². The second-order valence-corrected chi connectivity index (χ2v) is 6.16. The molecule has 1 N–H and O–H groups in total. The molecule has 0 radical (unpaired) electrons. The van der Waals surface area contributed by atoms with Crippen LogP contribution < -0.4 is 10.2 Å². The van der Waals surface area contributed by atoms with Crippen molar-refractivity contribution in [3.8, 4) is 0 Å². The summed E-state index contributed by atoms with van der Waals surface area (Å²) in [6, 6.07) is 0.733. The monoisotopic (exact) mass is 253 g/mol. The lowest BCUT2D eigenvalue weighted by molar-refractivity contribution is 0.421. The van der Waals surface area contributed by atoms with Crippen LogP contribution in [0.1, 0.15) is 47.2 Å². The standard InChI is InChI=1S/C14H27N3O/c1-7-17(9-11(2)3)13-16-12(10-18-13)8-15-14(4,5)6/h10-11,15H,7-9H2,1-6H3. The van der Waals surface area contributed by atoms with Crippen LogP contribution in [-0.4, -0.2) is 23.6 Å². The molecule has 1 heterocycles. The molecule has 0 fully saturated rings. The molecule has 0 aliphatic heterocycles. The fourth-order valence-corrected chi connectivity index (χ4v) is 1.66. The second-order valence-electron chi connectivity index (χ2n) is 6.16. The molecule has 0 bridgehead atoms. The topological polar surface area (TPSA) is 41.3 Å². The van der Waals surface area contributed by atoms with Crippen LogP contribution in [0.5, 0.6) is 0 Å². The number of nitrogens with one attached hydrogen (secondary N) is 1. The zero-order chi connectivity index (χ0) is 13.8. The summed E-state index contributed by atoms with van der Waals surface area (Å²) in [5.41, 5.74) is 1.06. The summed E-state index contributed by atoms with van der Waals surface area (Å²) in [5.74, 6) is 0.605. The maximum Gasteiger partial charge on any atom is 0.297 e. The van der Waals surface area contributed by atoms with Gasteiger partial charge in [-0.3, -0.25) is 0 Å². The molecule has 4 heteroatoms. The zero-order valence-electron chi connectivity index (χ0n) is 12.6. The van der Waals surface area contributed by atoms with Crippen molar-refractivity contribution in [3.63, 3.8) is 0 Å². The first-order chi connectivity index (χ1) is 8.31. The van der Waals surface area contributed by atoms with Crippen LogP contribution in [0.25, 0.3) is 0 Å². The molecule has 18 heavy (non-hydrogen) atoms. The number of anilines is 1. The molecule has 1 aromatic heterocycles. The Kier molecular flexibility index (Phi) is 5.20. The van der Waals surface area contributed by atoms with Crippen molar-refractivity contribution in [2.45, 2.75) is 53.6 Å². The van der Waals surface area contributed by atoms with Crippen molar-refractivity contribution >= 4 is 6.01 Å². The molecule has 0 saturated carbocycles. The van der Waals surface area contributed by atoms with E-state index in [9.17, 15) is 0 Å². The van der Waals surface area contributed by atoms with Crippen molar-refractivity contribution < 1.29 is 4.42 Å². The van der Waals surface area contributed by atoms with Crippen molar-refractivity contribution in [2.24, 2.45) is 5.92 Å². The van der Waals surface area contributed by atoms with E-state index in [1.54, 1.807) is 6.26 Å². The molecular weight excluding hydrogens is 226 g/mol. The van der Waals surface area contributed by atoms with Gasteiger partial charge in [0.2, 0.25) is 0 Å². The summed E-state index contributed by atoms with van der Waals surface area (Å²) in [5, 5.41) is 3.41. The molecular formula is C14H27N3O. The van der Waals surface area contributed by atoms with Crippen LogP contribution in [-0.2, 0) is 6.54 Å². The number of rotatable bonds is 6. The Labute approximate surface area is 111 Å². The summed E-state index contributed by atoms with van der Waals surface area (Å²) in [6.07, 6.45) is 1.75. The smallest absolute Gasteiger partial charge is 0.297 e. The Morgan fingerprint density at radius 3 is 2.56 bits per heavy atom. The van der Waals surface area contributed by atoms with Crippen molar-refractivity contribution in [1.82, 2.24) is 10.3 Å². The van der Waals surface area contributed by atoms with Crippen LogP contribution in [0.15, 0.2) is 10.7 Å². The second kappa shape index (κ2) is 6.23. The third-order valence-electron chi connectivity index (χ3n) is 2.58. The maximum absolute atomic E-state index is 5.56. The lowest BCUT2D eigenvalue weighted by atomic mass is 10.1. The Balaban J connectivity index is 2.61. The number of aromatic nitrogens is 1. The highest BCUT2D eigenvalue weighted by molar-refractivity contribution is 5.26. The Morgan fingerprint density at radius 2 is 2.06 bits per heavy atom. The number of hydrogen-bond acceptors (Lipinski definition) is 4. The summed E-state index contributed by atoms with van der Waals surface area (Å²) >= 11 is 0. The average molecular weight is 253 g/mol. The van der Waals surface area contributed by atoms with Gasteiger partial charge in [0.05, 0.1) is 5.69 Å². The molecule has 104 valence electrons. The fourth-order valence-electron chi connectivity index (χ4n) is 1.66. The van der Waals surface area contributed by atoms with Crippen molar-refractivity contribution in [3.05, 3.63) is 12.0 Å². The molecule has 0 unspecified atom stereocenters. The maximum atomic E-state index is 5.56. The minimum absolute atomic E-state index is 0.0987. The number of nitrogens with zero attached hydrogens (tertiary/aromatic N) is 2. The van der Waals surface area contributed by atoms with E-state index in [1.807, 2.05) is 0 Å². The van der Waals surface area contributed by atoms with Gasteiger partial charge in [-0.2, -0.15) is 4.98 Å². The lowest BCUT2D eigenvalue weighted by Gasteiger charge is -2.20. The number of hydrogen-bond donors (Lipinski definition) is 1. The predicted octanol–water partition coefficient (Wildman–Crippen LogP) is 3.05. The van der Waals surface area contributed by atoms with Gasteiger partial charge in [-0.15, -0.1) is 0 Å². The van der Waals surface area contributed by atoms with Gasteiger partial charge >= 0.3 is 0 Å². The van der Waals surface area contributed by atoms with E-state index in [0.29, 0.717) is 5.92 Å². The number of oxazole rings is 1.